The van der Waals surface area contributed by atoms with Crippen molar-refractivity contribution in [2.24, 2.45) is 5.16 Å². The lowest BCUT2D eigenvalue weighted by Gasteiger charge is -2.07. The Morgan fingerprint density at radius 1 is 1.36 bits per heavy atom. The Hall–Kier alpha value is -1.70. The number of benzene rings is 1. The van der Waals surface area contributed by atoms with Crippen LogP contribution in [0.3, 0.4) is 0 Å². The summed E-state index contributed by atoms with van der Waals surface area (Å²) in [6.07, 6.45) is 0.610. The molecule has 0 radical (unpaired) electrons. The van der Waals surface area contributed by atoms with Gasteiger partial charge in [-0.15, -0.1) is 10.2 Å². The number of oxime groups is 1. The molecule has 1 heterocycles. The molecule has 9 heteroatoms. The first-order valence-corrected chi connectivity index (χ1v) is 7.85. The number of anilines is 1. The van der Waals surface area contributed by atoms with Gasteiger partial charge in [-0.3, -0.25) is 4.79 Å². The molecule has 0 atom stereocenters. The van der Waals surface area contributed by atoms with E-state index in [0.717, 1.165) is 5.56 Å². The van der Waals surface area contributed by atoms with Gasteiger partial charge < -0.3 is 10.2 Å². The summed E-state index contributed by atoms with van der Waals surface area (Å²) in [4.78, 5) is 16.7. The molecular formula is C13H12Cl2N4O2S. The van der Waals surface area contributed by atoms with Crippen molar-refractivity contribution < 1.29 is 9.63 Å². The number of carbonyl (C=O) groups is 1. The number of rotatable bonds is 6. The minimum atomic E-state index is -0.180. The van der Waals surface area contributed by atoms with E-state index in [4.69, 9.17) is 28.0 Å². The minimum Gasteiger partial charge on any atom is -0.399 e. The first-order valence-electron chi connectivity index (χ1n) is 6.21. The number of amides is 1. The Morgan fingerprint density at radius 3 is 2.82 bits per heavy atom. The number of carbonyl (C=O) groups excluding carboxylic acids is 1. The summed E-state index contributed by atoms with van der Waals surface area (Å²) in [6.45, 7) is 0. The van der Waals surface area contributed by atoms with Crippen molar-refractivity contribution in [1.29, 1.82) is 0 Å². The van der Waals surface area contributed by atoms with E-state index in [2.05, 4.69) is 20.7 Å². The van der Waals surface area contributed by atoms with Crippen LogP contribution in [0.1, 0.15) is 18.4 Å². The molecule has 6 nitrogen and oxygen atoms in total. The molecule has 0 aliphatic heterocycles. The first-order chi connectivity index (χ1) is 10.6. The zero-order valence-corrected chi connectivity index (χ0v) is 13.9. The molecule has 0 saturated heterocycles. The van der Waals surface area contributed by atoms with E-state index in [1.807, 2.05) is 0 Å². The van der Waals surface area contributed by atoms with Crippen LogP contribution < -0.4 is 5.32 Å². The van der Waals surface area contributed by atoms with Gasteiger partial charge in [0.15, 0.2) is 0 Å². The van der Waals surface area contributed by atoms with Gasteiger partial charge in [-0.1, -0.05) is 45.8 Å². The van der Waals surface area contributed by atoms with Crippen molar-refractivity contribution in [3.05, 3.63) is 39.3 Å². The van der Waals surface area contributed by atoms with Gasteiger partial charge in [-0.25, -0.2) is 0 Å². The lowest BCUT2D eigenvalue weighted by atomic mass is 10.1. The Morgan fingerprint density at radius 2 is 2.18 bits per heavy atom. The molecule has 22 heavy (non-hydrogen) atoms. The summed E-state index contributed by atoms with van der Waals surface area (Å²) >= 11 is 13.1. The molecule has 2 aromatic rings. The molecule has 1 N–H and O–H groups in total. The maximum atomic E-state index is 11.9. The Labute approximate surface area is 141 Å². The third kappa shape index (κ3) is 4.66. The molecule has 1 amide bonds. The van der Waals surface area contributed by atoms with Gasteiger partial charge in [0.05, 0.1) is 15.8 Å². The van der Waals surface area contributed by atoms with Gasteiger partial charge >= 0.3 is 0 Å². The lowest BCUT2D eigenvalue weighted by molar-refractivity contribution is -0.116. The van der Waals surface area contributed by atoms with Crippen LogP contribution in [-0.4, -0.2) is 28.9 Å². The summed E-state index contributed by atoms with van der Waals surface area (Å²) in [5.74, 6) is -0.180. The number of hydrogen-bond donors (Lipinski definition) is 1. The summed E-state index contributed by atoms with van der Waals surface area (Å²) in [5, 5.41) is 15.3. The highest BCUT2D eigenvalue weighted by Crippen LogP contribution is 2.23. The quantitative estimate of drug-likeness (QED) is 0.631. The number of nitrogens with zero attached hydrogens (tertiary/aromatic N) is 3. The number of hydrogen-bond acceptors (Lipinski definition) is 6. The van der Waals surface area contributed by atoms with Crippen molar-refractivity contribution >= 4 is 51.3 Å². The zero-order chi connectivity index (χ0) is 15.9. The van der Waals surface area contributed by atoms with Crippen molar-refractivity contribution in [2.45, 2.75) is 12.8 Å². The standard InChI is InChI=1S/C13H12Cl2N4O2S/c1-21-19-11(8-2-3-9(14)10(15)6-8)4-5-12(20)17-13-18-16-7-22-13/h2-3,6-7H,4-5H2,1H3,(H,17,18,20)/b19-11-. The average Bonchev–Trinajstić information content (AvgIpc) is 2.99. The van der Waals surface area contributed by atoms with Crippen LogP contribution in [0.5, 0.6) is 0 Å². The van der Waals surface area contributed by atoms with Crippen LogP contribution in [-0.2, 0) is 9.63 Å². The van der Waals surface area contributed by atoms with Gasteiger partial charge in [0.1, 0.15) is 12.6 Å². The summed E-state index contributed by atoms with van der Waals surface area (Å²) in [6, 6.07) is 5.13. The second kappa shape index (κ2) is 8.07. The van der Waals surface area contributed by atoms with Gasteiger partial charge in [0.25, 0.3) is 0 Å². The largest absolute Gasteiger partial charge is 0.399 e. The van der Waals surface area contributed by atoms with Gasteiger partial charge in [-0.2, -0.15) is 0 Å². The van der Waals surface area contributed by atoms with Crippen LogP contribution in [0, 0.1) is 0 Å². The van der Waals surface area contributed by atoms with E-state index in [-0.39, 0.29) is 12.3 Å². The Balaban J connectivity index is 2.01. The van der Waals surface area contributed by atoms with Crippen molar-refractivity contribution in [3.63, 3.8) is 0 Å². The summed E-state index contributed by atoms with van der Waals surface area (Å²) in [7, 11) is 1.44. The lowest BCUT2D eigenvalue weighted by Crippen LogP contribution is -2.14. The molecular weight excluding hydrogens is 347 g/mol. The average molecular weight is 359 g/mol. The number of aromatic nitrogens is 2. The third-order valence-corrected chi connectivity index (χ3v) is 4.00. The van der Waals surface area contributed by atoms with Crippen LogP contribution in [0.15, 0.2) is 28.9 Å². The zero-order valence-electron chi connectivity index (χ0n) is 11.5. The highest BCUT2D eigenvalue weighted by molar-refractivity contribution is 7.13. The van der Waals surface area contributed by atoms with Crippen LogP contribution >= 0.6 is 34.5 Å². The van der Waals surface area contributed by atoms with Crippen molar-refractivity contribution in [2.75, 3.05) is 12.4 Å². The van der Waals surface area contributed by atoms with E-state index in [1.165, 1.54) is 18.4 Å². The molecule has 0 saturated carbocycles. The topological polar surface area (TPSA) is 76.5 Å². The molecule has 1 aromatic carbocycles. The minimum absolute atomic E-state index is 0.180. The maximum Gasteiger partial charge on any atom is 0.226 e. The fourth-order valence-electron chi connectivity index (χ4n) is 1.67. The van der Waals surface area contributed by atoms with Crippen LogP contribution in [0.2, 0.25) is 10.0 Å². The maximum absolute atomic E-state index is 11.9. The molecule has 0 spiro atoms. The van der Waals surface area contributed by atoms with E-state index in [0.29, 0.717) is 27.3 Å². The molecule has 0 fully saturated rings. The van der Waals surface area contributed by atoms with Crippen LogP contribution in [0.25, 0.3) is 0 Å². The molecule has 1 aromatic heterocycles. The van der Waals surface area contributed by atoms with Crippen LogP contribution in [0.4, 0.5) is 5.13 Å². The van der Waals surface area contributed by atoms with E-state index >= 15 is 0 Å². The highest BCUT2D eigenvalue weighted by Gasteiger charge is 2.11. The second-order valence-corrected chi connectivity index (χ2v) is 5.79. The normalized spacial score (nSPS) is 11.3. The van der Waals surface area contributed by atoms with E-state index < -0.39 is 0 Å². The van der Waals surface area contributed by atoms with Gasteiger partial charge in [0, 0.05) is 18.4 Å². The fourth-order valence-corrected chi connectivity index (χ4v) is 2.43. The monoisotopic (exact) mass is 358 g/mol. The molecule has 0 bridgehead atoms. The Kier molecular flexibility index (Phi) is 6.11. The van der Waals surface area contributed by atoms with E-state index in [1.54, 1.807) is 23.7 Å². The highest BCUT2D eigenvalue weighted by atomic mass is 35.5. The predicted molar refractivity (Wildman–Crippen MR) is 87.8 cm³/mol. The van der Waals surface area contributed by atoms with Gasteiger partial charge in [-0.05, 0) is 12.1 Å². The smallest absolute Gasteiger partial charge is 0.226 e. The fraction of sp³-hybridized carbons (Fsp3) is 0.231. The molecule has 116 valence electrons. The Bertz CT molecular complexity index is 677. The predicted octanol–water partition coefficient (Wildman–Crippen LogP) is 3.61. The SMILES string of the molecule is CO/N=C(/CCC(=O)Nc1nncs1)c1ccc(Cl)c(Cl)c1. The van der Waals surface area contributed by atoms with E-state index in [9.17, 15) is 4.79 Å². The molecule has 0 aliphatic rings. The molecule has 0 unspecified atom stereocenters. The summed E-state index contributed by atoms with van der Waals surface area (Å²) in [5.41, 5.74) is 2.90. The number of halogens is 2. The van der Waals surface area contributed by atoms with Crippen molar-refractivity contribution in [1.82, 2.24) is 10.2 Å². The molecule has 2 rings (SSSR count). The summed E-state index contributed by atoms with van der Waals surface area (Å²) < 4.78 is 0. The number of nitrogens with one attached hydrogen (secondary N) is 1. The van der Waals surface area contributed by atoms with Gasteiger partial charge in [0.2, 0.25) is 11.0 Å². The van der Waals surface area contributed by atoms with Crippen molar-refractivity contribution in [3.8, 4) is 0 Å². The molecule has 0 aliphatic carbocycles. The second-order valence-electron chi connectivity index (χ2n) is 4.14. The third-order valence-electron chi connectivity index (χ3n) is 2.65. The first kappa shape index (κ1) is 16.7.